The number of hydrogen-bond acceptors (Lipinski definition) is 3. The quantitative estimate of drug-likeness (QED) is 0.886. The molecule has 84 valence electrons. The highest BCUT2D eigenvalue weighted by atomic mass is 32.1. The topological polar surface area (TPSA) is 24.9 Å². The van der Waals surface area contributed by atoms with Crippen LogP contribution in [0.15, 0.2) is 23.6 Å². The Balaban J connectivity index is 2.38. The molecule has 2 nitrogen and oxygen atoms in total. The molecule has 0 fully saturated rings. The number of benzene rings is 1. The van der Waals surface area contributed by atoms with Crippen LogP contribution in [0.2, 0.25) is 0 Å². The first-order valence-electron chi connectivity index (χ1n) is 5.06. The lowest BCUT2D eigenvalue weighted by Crippen LogP contribution is -2.04. The third-order valence-electron chi connectivity index (χ3n) is 2.34. The summed E-state index contributed by atoms with van der Waals surface area (Å²) < 4.78 is 13.2. The molecule has 0 atom stereocenters. The van der Waals surface area contributed by atoms with Gasteiger partial charge >= 0.3 is 0 Å². The molecular weight excluding hydrogens is 223 g/mol. The maximum atomic E-state index is 13.2. The zero-order valence-electron chi connectivity index (χ0n) is 9.25. The van der Waals surface area contributed by atoms with Gasteiger partial charge in [0, 0.05) is 17.5 Å². The Morgan fingerprint density at radius 2 is 2.25 bits per heavy atom. The zero-order valence-corrected chi connectivity index (χ0v) is 10.1. The highest BCUT2D eigenvalue weighted by Gasteiger charge is 2.08. The number of halogens is 1. The minimum absolute atomic E-state index is 0.217. The largest absolute Gasteiger partial charge is 0.314 e. The molecule has 1 N–H and O–H groups in total. The van der Waals surface area contributed by atoms with Crippen LogP contribution < -0.4 is 5.32 Å². The van der Waals surface area contributed by atoms with Gasteiger partial charge in [-0.3, -0.25) is 0 Å². The molecule has 0 unspecified atom stereocenters. The van der Waals surface area contributed by atoms with E-state index in [0.717, 1.165) is 28.4 Å². The third-order valence-corrected chi connectivity index (χ3v) is 3.26. The summed E-state index contributed by atoms with van der Waals surface area (Å²) in [4.78, 5) is 4.46. The van der Waals surface area contributed by atoms with Crippen molar-refractivity contribution in [1.29, 1.82) is 0 Å². The van der Waals surface area contributed by atoms with Gasteiger partial charge in [0.2, 0.25) is 0 Å². The average Bonchev–Trinajstić information content (AvgIpc) is 2.71. The standard InChI is InChI=1S/C12H13FN2S/c1-8-3-4-9(13)5-11(8)12-15-10(6-14-2)7-16-12/h3-5,7,14H,6H2,1-2H3. The lowest BCUT2D eigenvalue weighted by molar-refractivity contribution is 0.628. The van der Waals surface area contributed by atoms with Gasteiger partial charge in [0.1, 0.15) is 10.8 Å². The SMILES string of the molecule is CNCc1csc(-c2cc(F)ccc2C)n1. The van der Waals surface area contributed by atoms with Crippen LogP contribution in [-0.2, 0) is 6.54 Å². The molecule has 0 saturated heterocycles. The van der Waals surface area contributed by atoms with Crippen molar-refractivity contribution in [3.63, 3.8) is 0 Å². The number of rotatable bonds is 3. The molecule has 0 amide bonds. The highest BCUT2D eigenvalue weighted by molar-refractivity contribution is 7.13. The number of aryl methyl sites for hydroxylation is 1. The molecule has 0 aliphatic heterocycles. The van der Waals surface area contributed by atoms with Crippen LogP contribution in [0.5, 0.6) is 0 Å². The first-order valence-corrected chi connectivity index (χ1v) is 5.94. The summed E-state index contributed by atoms with van der Waals surface area (Å²) in [5, 5.41) is 5.92. The highest BCUT2D eigenvalue weighted by Crippen LogP contribution is 2.27. The van der Waals surface area contributed by atoms with Gasteiger partial charge in [-0.1, -0.05) is 6.07 Å². The fraction of sp³-hybridized carbons (Fsp3) is 0.250. The summed E-state index contributed by atoms with van der Waals surface area (Å²) in [6.45, 7) is 2.71. The number of aromatic nitrogens is 1. The van der Waals surface area contributed by atoms with Gasteiger partial charge in [0.15, 0.2) is 0 Å². The molecule has 2 rings (SSSR count). The second-order valence-corrected chi connectivity index (χ2v) is 4.49. The molecule has 0 radical (unpaired) electrons. The summed E-state index contributed by atoms with van der Waals surface area (Å²) in [6.07, 6.45) is 0. The third kappa shape index (κ3) is 2.28. The molecule has 16 heavy (non-hydrogen) atoms. The van der Waals surface area contributed by atoms with Crippen molar-refractivity contribution < 1.29 is 4.39 Å². The molecule has 4 heteroatoms. The molecule has 1 aromatic heterocycles. The molecule has 0 aliphatic rings. The zero-order chi connectivity index (χ0) is 11.5. The van der Waals surface area contributed by atoms with Gasteiger partial charge in [0.05, 0.1) is 5.69 Å². The van der Waals surface area contributed by atoms with Gasteiger partial charge in [0.25, 0.3) is 0 Å². The molecule has 1 aromatic carbocycles. The second-order valence-electron chi connectivity index (χ2n) is 3.63. The summed E-state index contributed by atoms with van der Waals surface area (Å²) in [5.74, 6) is -0.217. The first-order chi connectivity index (χ1) is 7.70. The van der Waals surface area contributed by atoms with Gasteiger partial charge < -0.3 is 5.32 Å². The maximum Gasteiger partial charge on any atom is 0.124 e. The predicted octanol–water partition coefficient (Wildman–Crippen LogP) is 2.98. The predicted molar refractivity (Wildman–Crippen MR) is 65.0 cm³/mol. The van der Waals surface area contributed by atoms with E-state index in [9.17, 15) is 4.39 Å². The number of nitrogens with zero attached hydrogens (tertiary/aromatic N) is 1. The van der Waals surface area contributed by atoms with E-state index in [4.69, 9.17) is 0 Å². The van der Waals surface area contributed by atoms with Gasteiger partial charge in [-0.2, -0.15) is 0 Å². The first kappa shape index (κ1) is 11.2. The number of nitrogens with one attached hydrogen (secondary N) is 1. The van der Waals surface area contributed by atoms with Crippen molar-refractivity contribution in [1.82, 2.24) is 10.3 Å². The monoisotopic (exact) mass is 236 g/mol. The van der Waals surface area contributed by atoms with Gasteiger partial charge in [-0.25, -0.2) is 9.37 Å². The number of thiazole rings is 1. The Labute approximate surface area is 98.2 Å². The minimum Gasteiger partial charge on any atom is -0.314 e. The number of hydrogen-bond donors (Lipinski definition) is 1. The van der Waals surface area contributed by atoms with Crippen molar-refractivity contribution in [2.45, 2.75) is 13.5 Å². The van der Waals surface area contributed by atoms with Crippen LogP contribution in [0.1, 0.15) is 11.3 Å². The summed E-state index contributed by atoms with van der Waals surface area (Å²) in [6, 6.07) is 4.79. The molecule has 2 aromatic rings. The van der Waals surface area contributed by atoms with Crippen molar-refractivity contribution in [3.05, 3.63) is 40.7 Å². The van der Waals surface area contributed by atoms with E-state index in [1.54, 1.807) is 17.4 Å². The molecule has 0 saturated carbocycles. The molecule has 0 aliphatic carbocycles. The van der Waals surface area contributed by atoms with E-state index >= 15 is 0 Å². The van der Waals surface area contributed by atoms with E-state index in [0.29, 0.717) is 0 Å². The van der Waals surface area contributed by atoms with Crippen LogP contribution in [0, 0.1) is 12.7 Å². The van der Waals surface area contributed by atoms with E-state index in [2.05, 4.69) is 10.3 Å². The van der Waals surface area contributed by atoms with Gasteiger partial charge in [-0.05, 0) is 31.7 Å². The van der Waals surface area contributed by atoms with E-state index in [1.165, 1.54) is 12.1 Å². The van der Waals surface area contributed by atoms with Crippen molar-refractivity contribution >= 4 is 11.3 Å². The summed E-state index contributed by atoms with van der Waals surface area (Å²) in [7, 11) is 1.88. The molecule has 1 heterocycles. The lowest BCUT2D eigenvalue weighted by Gasteiger charge is -2.01. The Morgan fingerprint density at radius 1 is 1.44 bits per heavy atom. The van der Waals surface area contributed by atoms with Gasteiger partial charge in [-0.15, -0.1) is 11.3 Å². The summed E-state index contributed by atoms with van der Waals surface area (Å²) in [5.41, 5.74) is 2.92. The fourth-order valence-electron chi connectivity index (χ4n) is 1.52. The van der Waals surface area contributed by atoms with Crippen molar-refractivity contribution in [2.75, 3.05) is 7.05 Å². The molecular formula is C12H13FN2S. The van der Waals surface area contributed by atoms with Crippen LogP contribution in [0.4, 0.5) is 4.39 Å². The normalized spacial score (nSPS) is 10.7. The Hall–Kier alpha value is -1.26. The molecule has 0 bridgehead atoms. The average molecular weight is 236 g/mol. The Kier molecular flexibility index (Phi) is 3.31. The maximum absolute atomic E-state index is 13.2. The van der Waals surface area contributed by atoms with Crippen LogP contribution in [0.25, 0.3) is 10.6 Å². The summed E-state index contributed by atoms with van der Waals surface area (Å²) >= 11 is 1.55. The Morgan fingerprint density at radius 3 is 3.00 bits per heavy atom. The second kappa shape index (κ2) is 4.72. The lowest BCUT2D eigenvalue weighted by atomic mass is 10.1. The van der Waals surface area contributed by atoms with Crippen molar-refractivity contribution in [2.24, 2.45) is 0 Å². The van der Waals surface area contributed by atoms with E-state index in [-0.39, 0.29) is 5.82 Å². The molecule has 0 spiro atoms. The fourth-order valence-corrected chi connectivity index (χ4v) is 2.42. The van der Waals surface area contributed by atoms with Crippen LogP contribution in [-0.4, -0.2) is 12.0 Å². The van der Waals surface area contributed by atoms with Crippen LogP contribution in [0.3, 0.4) is 0 Å². The minimum atomic E-state index is -0.217. The van der Waals surface area contributed by atoms with Crippen molar-refractivity contribution in [3.8, 4) is 10.6 Å². The van der Waals surface area contributed by atoms with Crippen LogP contribution >= 0.6 is 11.3 Å². The smallest absolute Gasteiger partial charge is 0.124 e. The Bertz CT molecular complexity index is 494. The van der Waals surface area contributed by atoms with E-state index < -0.39 is 0 Å². The van der Waals surface area contributed by atoms with E-state index in [1.807, 2.05) is 19.4 Å².